The summed E-state index contributed by atoms with van der Waals surface area (Å²) in [4.78, 5) is 14.5. The monoisotopic (exact) mass is 249 g/mol. The van der Waals surface area contributed by atoms with Crippen LogP contribution in [0.3, 0.4) is 0 Å². The number of rotatable bonds is 2. The highest BCUT2D eigenvalue weighted by Crippen LogP contribution is 2.37. The van der Waals surface area contributed by atoms with Crippen molar-refractivity contribution in [2.24, 2.45) is 0 Å². The number of fused-ring (bicyclic) bond motifs is 2. The van der Waals surface area contributed by atoms with E-state index in [0.717, 1.165) is 25.7 Å². The zero-order chi connectivity index (χ0) is 12.7. The first-order chi connectivity index (χ1) is 8.66. The Hall–Kier alpha value is -1.36. The fraction of sp³-hybridized carbons (Fsp3) is 0.692. The van der Waals surface area contributed by atoms with Gasteiger partial charge in [-0.15, -0.1) is 0 Å². The standard InChI is InChI=1S/C13H19N3O2/c1-9(15-6-2-5-14-15)13(18)16-10-3-4-11(16)8-12(17)7-10/h2,5-6,9-12,17H,3-4,7-8H2,1H3. The Morgan fingerprint density at radius 1 is 1.39 bits per heavy atom. The number of hydrogen-bond donors (Lipinski definition) is 1. The summed E-state index contributed by atoms with van der Waals surface area (Å²) in [5.41, 5.74) is 0. The average Bonchev–Trinajstić information content (AvgIpc) is 2.95. The number of aliphatic hydroxyl groups excluding tert-OH is 1. The van der Waals surface area contributed by atoms with E-state index in [0.29, 0.717) is 0 Å². The Balaban J connectivity index is 1.77. The highest BCUT2D eigenvalue weighted by molar-refractivity contribution is 5.81. The maximum Gasteiger partial charge on any atom is 0.247 e. The summed E-state index contributed by atoms with van der Waals surface area (Å²) >= 11 is 0. The molecule has 0 spiro atoms. The van der Waals surface area contributed by atoms with E-state index in [-0.39, 0.29) is 30.1 Å². The minimum Gasteiger partial charge on any atom is -0.393 e. The summed E-state index contributed by atoms with van der Waals surface area (Å²) in [5, 5.41) is 13.9. The van der Waals surface area contributed by atoms with Crippen molar-refractivity contribution in [3.05, 3.63) is 18.5 Å². The fourth-order valence-corrected chi connectivity index (χ4v) is 3.35. The molecule has 2 fully saturated rings. The molecule has 5 heteroatoms. The van der Waals surface area contributed by atoms with Crippen LogP contribution >= 0.6 is 0 Å². The van der Waals surface area contributed by atoms with Gasteiger partial charge in [-0.05, 0) is 38.7 Å². The first-order valence-electron chi connectivity index (χ1n) is 6.66. The molecule has 18 heavy (non-hydrogen) atoms. The lowest BCUT2D eigenvalue weighted by Crippen LogP contribution is -2.50. The van der Waals surface area contributed by atoms with Gasteiger partial charge in [0.1, 0.15) is 6.04 Å². The zero-order valence-corrected chi connectivity index (χ0v) is 10.6. The normalized spacial score (nSPS) is 32.6. The van der Waals surface area contributed by atoms with Crippen LogP contribution in [0.1, 0.15) is 38.6 Å². The van der Waals surface area contributed by atoms with E-state index < -0.39 is 0 Å². The van der Waals surface area contributed by atoms with Crippen LogP contribution in [0.15, 0.2) is 18.5 Å². The van der Waals surface area contributed by atoms with Gasteiger partial charge in [0, 0.05) is 24.5 Å². The molecular weight excluding hydrogens is 230 g/mol. The number of aromatic nitrogens is 2. The molecule has 0 aliphatic carbocycles. The van der Waals surface area contributed by atoms with E-state index in [4.69, 9.17) is 0 Å². The molecule has 3 rings (SSSR count). The number of carbonyl (C=O) groups is 1. The van der Waals surface area contributed by atoms with E-state index in [2.05, 4.69) is 5.10 Å². The zero-order valence-electron chi connectivity index (χ0n) is 10.6. The molecule has 1 N–H and O–H groups in total. The van der Waals surface area contributed by atoms with Crippen LogP contribution in [0.4, 0.5) is 0 Å². The van der Waals surface area contributed by atoms with Crippen LogP contribution in [-0.2, 0) is 4.79 Å². The van der Waals surface area contributed by atoms with E-state index >= 15 is 0 Å². The number of amides is 1. The predicted octanol–water partition coefficient (Wildman–Crippen LogP) is 0.958. The van der Waals surface area contributed by atoms with Crippen LogP contribution in [0, 0.1) is 0 Å². The Kier molecular flexibility index (Phi) is 2.86. The summed E-state index contributed by atoms with van der Waals surface area (Å²) in [5.74, 6) is 0.137. The predicted molar refractivity (Wildman–Crippen MR) is 65.8 cm³/mol. The number of aliphatic hydroxyl groups is 1. The summed E-state index contributed by atoms with van der Waals surface area (Å²) in [6.45, 7) is 1.89. The van der Waals surface area contributed by atoms with Gasteiger partial charge >= 0.3 is 0 Å². The molecule has 3 heterocycles. The third kappa shape index (κ3) is 1.82. The lowest BCUT2D eigenvalue weighted by Gasteiger charge is -2.38. The SMILES string of the molecule is CC(C(=O)N1C2CCC1CC(O)C2)n1cccn1. The lowest BCUT2D eigenvalue weighted by molar-refractivity contribution is -0.140. The van der Waals surface area contributed by atoms with Crippen molar-refractivity contribution >= 4 is 5.91 Å². The third-order valence-electron chi connectivity index (χ3n) is 4.24. The van der Waals surface area contributed by atoms with Crippen molar-refractivity contribution in [1.29, 1.82) is 0 Å². The van der Waals surface area contributed by atoms with Crippen molar-refractivity contribution in [3.63, 3.8) is 0 Å². The Morgan fingerprint density at radius 2 is 2.06 bits per heavy atom. The van der Waals surface area contributed by atoms with Crippen molar-refractivity contribution < 1.29 is 9.90 Å². The molecule has 98 valence electrons. The molecule has 2 aliphatic rings. The smallest absolute Gasteiger partial charge is 0.247 e. The van der Waals surface area contributed by atoms with Gasteiger partial charge in [0.15, 0.2) is 0 Å². The molecule has 5 nitrogen and oxygen atoms in total. The summed E-state index contributed by atoms with van der Waals surface area (Å²) in [6.07, 6.45) is 6.80. The second kappa shape index (κ2) is 4.39. The van der Waals surface area contributed by atoms with Crippen LogP contribution in [0.25, 0.3) is 0 Å². The molecule has 2 saturated heterocycles. The molecule has 1 amide bonds. The molecule has 3 atom stereocenters. The van der Waals surface area contributed by atoms with Gasteiger partial charge in [0.25, 0.3) is 0 Å². The quantitative estimate of drug-likeness (QED) is 0.849. The van der Waals surface area contributed by atoms with Crippen molar-refractivity contribution in [3.8, 4) is 0 Å². The molecule has 2 aliphatic heterocycles. The lowest BCUT2D eigenvalue weighted by atomic mass is 9.99. The van der Waals surface area contributed by atoms with Crippen molar-refractivity contribution in [2.45, 2.75) is 56.8 Å². The van der Waals surface area contributed by atoms with Gasteiger partial charge in [0.2, 0.25) is 5.91 Å². The maximum absolute atomic E-state index is 12.5. The van der Waals surface area contributed by atoms with Crippen LogP contribution < -0.4 is 0 Å². The van der Waals surface area contributed by atoms with Gasteiger partial charge in [-0.3, -0.25) is 9.48 Å². The Labute approximate surface area is 106 Å². The van der Waals surface area contributed by atoms with Crippen LogP contribution in [0.5, 0.6) is 0 Å². The largest absolute Gasteiger partial charge is 0.393 e. The number of carbonyl (C=O) groups excluding carboxylic acids is 1. The number of piperidine rings is 1. The van der Waals surface area contributed by atoms with E-state index in [1.807, 2.05) is 24.1 Å². The molecule has 1 aromatic heterocycles. The number of hydrogen-bond acceptors (Lipinski definition) is 3. The van der Waals surface area contributed by atoms with Crippen LogP contribution in [0.2, 0.25) is 0 Å². The third-order valence-corrected chi connectivity index (χ3v) is 4.24. The first kappa shape index (κ1) is 11.7. The maximum atomic E-state index is 12.5. The number of nitrogens with zero attached hydrogens (tertiary/aromatic N) is 3. The molecule has 2 bridgehead atoms. The molecule has 0 saturated carbocycles. The molecule has 1 aromatic rings. The molecule has 0 aromatic carbocycles. The van der Waals surface area contributed by atoms with Gasteiger partial charge in [-0.25, -0.2) is 0 Å². The summed E-state index contributed by atoms with van der Waals surface area (Å²) in [7, 11) is 0. The van der Waals surface area contributed by atoms with Gasteiger partial charge < -0.3 is 10.0 Å². The second-order valence-electron chi connectivity index (χ2n) is 5.42. The van der Waals surface area contributed by atoms with E-state index in [1.165, 1.54) is 0 Å². The summed E-state index contributed by atoms with van der Waals surface area (Å²) < 4.78 is 1.70. The molecular formula is C13H19N3O2. The van der Waals surface area contributed by atoms with E-state index in [9.17, 15) is 9.90 Å². The van der Waals surface area contributed by atoms with Crippen molar-refractivity contribution in [1.82, 2.24) is 14.7 Å². The van der Waals surface area contributed by atoms with Gasteiger partial charge in [-0.2, -0.15) is 5.10 Å². The van der Waals surface area contributed by atoms with Crippen LogP contribution in [-0.4, -0.2) is 43.9 Å². The molecule has 3 unspecified atom stereocenters. The highest BCUT2D eigenvalue weighted by atomic mass is 16.3. The van der Waals surface area contributed by atoms with Gasteiger partial charge in [0.05, 0.1) is 6.10 Å². The first-order valence-corrected chi connectivity index (χ1v) is 6.66. The average molecular weight is 249 g/mol. The minimum atomic E-state index is -0.252. The Bertz CT molecular complexity index is 417. The topological polar surface area (TPSA) is 58.4 Å². The Morgan fingerprint density at radius 3 is 2.61 bits per heavy atom. The molecule has 0 radical (unpaired) electrons. The van der Waals surface area contributed by atoms with Gasteiger partial charge in [-0.1, -0.05) is 0 Å². The minimum absolute atomic E-state index is 0.137. The second-order valence-corrected chi connectivity index (χ2v) is 5.42. The van der Waals surface area contributed by atoms with Crippen molar-refractivity contribution in [2.75, 3.05) is 0 Å². The highest BCUT2D eigenvalue weighted by Gasteiger charge is 2.44. The fourth-order valence-electron chi connectivity index (χ4n) is 3.35. The summed E-state index contributed by atoms with van der Waals surface area (Å²) in [6, 6.07) is 2.03. The van der Waals surface area contributed by atoms with E-state index in [1.54, 1.807) is 10.9 Å².